The number of ether oxygens (including phenoxy) is 1. The van der Waals surface area contributed by atoms with Gasteiger partial charge in [-0.15, -0.1) is 0 Å². The number of methoxy groups -OCH3 is 1. The van der Waals surface area contributed by atoms with E-state index in [1.807, 2.05) is 6.07 Å². The van der Waals surface area contributed by atoms with E-state index in [1.165, 1.54) is 9.13 Å². The maximum atomic E-state index is 5.38. The molecule has 0 bridgehead atoms. The van der Waals surface area contributed by atoms with Crippen LogP contribution in [-0.2, 0) is 6.42 Å². The Kier molecular flexibility index (Phi) is 5.79. The molecule has 2 aromatic rings. The largest absolute Gasteiger partial charge is 0.481 e. The van der Waals surface area contributed by atoms with Crippen LogP contribution in [0.2, 0.25) is 0 Å². The van der Waals surface area contributed by atoms with Gasteiger partial charge in [-0.2, -0.15) is 0 Å². The molecule has 0 aliphatic carbocycles. The molecular formula is C16H19IN2O. The van der Waals surface area contributed by atoms with Gasteiger partial charge in [0.25, 0.3) is 0 Å². The number of likely N-dealkylation sites (N-methyl/N-ethyl adjacent to an activating group) is 1. The molecule has 0 amide bonds. The summed E-state index contributed by atoms with van der Waals surface area (Å²) in [6.45, 7) is 3.02. The Hall–Kier alpha value is -1.14. The number of rotatable bonds is 6. The third-order valence-electron chi connectivity index (χ3n) is 3.17. The molecule has 0 saturated heterocycles. The summed E-state index contributed by atoms with van der Waals surface area (Å²) in [6, 6.07) is 12.9. The first-order valence-corrected chi connectivity index (χ1v) is 7.79. The van der Waals surface area contributed by atoms with E-state index in [-0.39, 0.29) is 6.04 Å². The van der Waals surface area contributed by atoms with E-state index >= 15 is 0 Å². The molecule has 0 fully saturated rings. The van der Waals surface area contributed by atoms with E-state index in [0.717, 1.165) is 18.5 Å². The van der Waals surface area contributed by atoms with Crippen LogP contribution in [0.1, 0.15) is 24.1 Å². The van der Waals surface area contributed by atoms with Crippen molar-refractivity contribution in [3.8, 4) is 5.88 Å². The van der Waals surface area contributed by atoms with Crippen molar-refractivity contribution in [2.75, 3.05) is 13.7 Å². The van der Waals surface area contributed by atoms with Crippen LogP contribution in [0.5, 0.6) is 5.88 Å². The van der Waals surface area contributed by atoms with Crippen molar-refractivity contribution >= 4 is 22.6 Å². The molecule has 0 saturated carbocycles. The van der Waals surface area contributed by atoms with E-state index in [0.29, 0.717) is 5.88 Å². The third kappa shape index (κ3) is 3.93. The fourth-order valence-electron chi connectivity index (χ4n) is 2.23. The summed E-state index contributed by atoms with van der Waals surface area (Å²) in [4.78, 5) is 4.29. The van der Waals surface area contributed by atoms with Gasteiger partial charge in [-0.25, -0.2) is 4.98 Å². The molecule has 1 N–H and O–H groups in total. The third-order valence-corrected chi connectivity index (χ3v) is 3.89. The lowest BCUT2D eigenvalue weighted by Crippen LogP contribution is -2.23. The Labute approximate surface area is 133 Å². The van der Waals surface area contributed by atoms with Gasteiger partial charge in [0.15, 0.2) is 0 Å². The molecule has 0 radical (unpaired) electrons. The zero-order chi connectivity index (χ0) is 14.4. The highest BCUT2D eigenvalue weighted by Crippen LogP contribution is 2.25. The average Bonchev–Trinajstić information content (AvgIpc) is 2.49. The maximum absolute atomic E-state index is 5.38. The molecule has 0 spiro atoms. The van der Waals surface area contributed by atoms with E-state index in [4.69, 9.17) is 4.74 Å². The lowest BCUT2D eigenvalue weighted by atomic mass is 9.99. The van der Waals surface area contributed by atoms with Crippen molar-refractivity contribution < 1.29 is 4.74 Å². The Morgan fingerprint density at radius 2 is 2.00 bits per heavy atom. The van der Waals surface area contributed by atoms with Crippen LogP contribution in [0, 0.1) is 3.57 Å². The van der Waals surface area contributed by atoms with Gasteiger partial charge in [0, 0.05) is 21.4 Å². The van der Waals surface area contributed by atoms with Gasteiger partial charge in [0.1, 0.15) is 0 Å². The summed E-state index contributed by atoms with van der Waals surface area (Å²) >= 11 is 2.32. The number of hydrogen-bond donors (Lipinski definition) is 1. The van der Waals surface area contributed by atoms with Crippen LogP contribution in [0.25, 0.3) is 0 Å². The standard InChI is InChI=1S/C16H19IN2O/c1-3-18-15(11-12-6-8-13(17)9-7-12)14-5-4-10-19-16(14)20-2/h4-10,15,18H,3,11H2,1-2H3. The first-order valence-electron chi connectivity index (χ1n) is 6.71. The second-order valence-corrected chi connectivity index (χ2v) is 5.79. The highest BCUT2D eigenvalue weighted by atomic mass is 127. The monoisotopic (exact) mass is 382 g/mol. The van der Waals surface area contributed by atoms with E-state index in [9.17, 15) is 0 Å². The van der Waals surface area contributed by atoms with E-state index < -0.39 is 0 Å². The fourth-order valence-corrected chi connectivity index (χ4v) is 2.59. The molecule has 2 rings (SSSR count). The molecule has 0 aliphatic heterocycles. The van der Waals surface area contributed by atoms with Crippen LogP contribution in [0.3, 0.4) is 0 Å². The Morgan fingerprint density at radius 3 is 2.65 bits per heavy atom. The molecular weight excluding hydrogens is 363 g/mol. The minimum absolute atomic E-state index is 0.212. The van der Waals surface area contributed by atoms with Crippen LogP contribution in [-0.4, -0.2) is 18.6 Å². The molecule has 1 unspecified atom stereocenters. The molecule has 3 nitrogen and oxygen atoms in total. The van der Waals surface area contributed by atoms with Crippen LogP contribution in [0.4, 0.5) is 0 Å². The highest BCUT2D eigenvalue weighted by molar-refractivity contribution is 14.1. The summed E-state index contributed by atoms with van der Waals surface area (Å²) in [7, 11) is 1.67. The second-order valence-electron chi connectivity index (χ2n) is 4.54. The number of halogens is 1. The van der Waals surface area contributed by atoms with E-state index in [1.54, 1.807) is 13.3 Å². The maximum Gasteiger partial charge on any atom is 0.217 e. The van der Waals surface area contributed by atoms with Gasteiger partial charge in [-0.1, -0.05) is 25.1 Å². The summed E-state index contributed by atoms with van der Waals surface area (Å²) in [5, 5.41) is 3.51. The zero-order valence-electron chi connectivity index (χ0n) is 11.8. The number of nitrogens with zero attached hydrogens (tertiary/aromatic N) is 1. The van der Waals surface area contributed by atoms with Gasteiger partial charge in [0.2, 0.25) is 5.88 Å². The first-order chi connectivity index (χ1) is 9.74. The quantitative estimate of drug-likeness (QED) is 0.776. The molecule has 1 aromatic heterocycles. The minimum Gasteiger partial charge on any atom is -0.481 e. The summed E-state index contributed by atoms with van der Waals surface area (Å²) in [5.74, 6) is 0.698. The average molecular weight is 382 g/mol. The molecule has 4 heteroatoms. The molecule has 1 heterocycles. The van der Waals surface area contributed by atoms with Crippen molar-refractivity contribution in [1.82, 2.24) is 10.3 Å². The number of nitrogens with one attached hydrogen (secondary N) is 1. The Morgan fingerprint density at radius 1 is 1.25 bits per heavy atom. The smallest absolute Gasteiger partial charge is 0.217 e. The molecule has 1 atom stereocenters. The van der Waals surface area contributed by atoms with Gasteiger partial charge in [-0.3, -0.25) is 0 Å². The molecule has 1 aromatic carbocycles. The second kappa shape index (κ2) is 7.59. The Bertz CT molecular complexity index is 542. The normalized spacial score (nSPS) is 12.2. The zero-order valence-corrected chi connectivity index (χ0v) is 13.9. The highest BCUT2D eigenvalue weighted by Gasteiger charge is 2.16. The summed E-state index contributed by atoms with van der Waals surface area (Å²) < 4.78 is 6.63. The molecule has 0 aliphatic rings. The van der Waals surface area contributed by atoms with Gasteiger partial charge >= 0.3 is 0 Å². The van der Waals surface area contributed by atoms with Crippen LogP contribution < -0.4 is 10.1 Å². The lowest BCUT2D eigenvalue weighted by Gasteiger charge is -2.20. The number of benzene rings is 1. The van der Waals surface area contributed by atoms with Crippen molar-refractivity contribution in [2.24, 2.45) is 0 Å². The fraction of sp³-hybridized carbons (Fsp3) is 0.312. The number of pyridine rings is 1. The SMILES string of the molecule is CCNC(Cc1ccc(I)cc1)c1cccnc1OC. The van der Waals surface area contributed by atoms with Crippen molar-refractivity contribution in [3.63, 3.8) is 0 Å². The van der Waals surface area contributed by atoms with Gasteiger partial charge in [-0.05, 0) is 59.3 Å². The minimum atomic E-state index is 0.212. The predicted octanol–water partition coefficient (Wildman–Crippen LogP) is 3.59. The van der Waals surface area contributed by atoms with Gasteiger partial charge in [0.05, 0.1) is 7.11 Å². The van der Waals surface area contributed by atoms with Crippen LogP contribution in [0.15, 0.2) is 42.6 Å². The van der Waals surface area contributed by atoms with E-state index in [2.05, 4.69) is 70.1 Å². The van der Waals surface area contributed by atoms with Crippen molar-refractivity contribution in [3.05, 3.63) is 57.3 Å². The van der Waals surface area contributed by atoms with Crippen molar-refractivity contribution in [2.45, 2.75) is 19.4 Å². The van der Waals surface area contributed by atoms with Crippen molar-refractivity contribution in [1.29, 1.82) is 0 Å². The summed E-state index contributed by atoms with van der Waals surface area (Å²) in [6.07, 6.45) is 2.68. The topological polar surface area (TPSA) is 34.2 Å². The number of aromatic nitrogens is 1. The molecule has 20 heavy (non-hydrogen) atoms. The lowest BCUT2D eigenvalue weighted by molar-refractivity contribution is 0.382. The summed E-state index contributed by atoms with van der Waals surface area (Å²) in [5.41, 5.74) is 2.41. The predicted molar refractivity (Wildman–Crippen MR) is 90.1 cm³/mol. The Balaban J connectivity index is 2.24. The molecule has 106 valence electrons. The van der Waals surface area contributed by atoms with Crippen LogP contribution >= 0.6 is 22.6 Å². The van der Waals surface area contributed by atoms with Gasteiger partial charge < -0.3 is 10.1 Å². The first kappa shape index (κ1) is 15.3. The number of hydrogen-bond acceptors (Lipinski definition) is 3.